The first-order valence-corrected chi connectivity index (χ1v) is 37.4. The van der Waals surface area contributed by atoms with Crippen molar-refractivity contribution in [2.45, 2.75) is 82.6 Å². The maximum absolute atomic E-state index is 13.1. The number of hydrogen-bond donors (Lipinski definition) is 10. The molecule has 552 valence electrons. The molecule has 5 aliphatic heterocycles. The Morgan fingerprint density at radius 2 is 0.673 bits per heavy atom. The molecule has 10 aromatic rings. The zero-order chi connectivity index (χ0) is 74.7. The molecule has 5 aliphatic rings. The van der Waals surface area contributed by atoms with Crippen molar-refractivity contribution >= 4 is 41.1 Å². The van der Waals surface area contributed by atoms with Gasteiger partial charge in [-0.05, 0) is 218 Å². The van der Waals surface area contributed by atoms with E-state index in [1.807, 2.05) is 91.9 Å². The molecular formula is C89H96ClFN10O6. The summed E-state index contributed by atoms with van der Waals surface area (Å²) in [6, 6.07) is 78.2. The van der Waals surface area contributed by atoms with Gasteiger partial charge in [0.15, 0.2) is 0 Å². The highest BCUT2D eigenvalue weighted by Gasteiger charge is 2.25. The maximum Gasteiger partial charge on any atom is 0.251 e. The molecule has 18 heteroatoms. The van der Waals surface area contributed by atoms with Crippen LogP contribution in [-0.2, 0) is 38.5 Å². The number of benzene rings is 10. The number of methoxy groups -OCH3 is 1. The van der Waals surface area contributed by atoms with Gasteiger partial charge in [0.05, 0.1) is 7.11 Å². The number of carbonyl (C=O) groups is 5. The van der Waals surface area contributed by atoms with Gasteiger partial charge >= 0.3 is 0 Å². The van der Waals surface area contributed by atoms with E-state index in [0.29, 0.717) is 60.2 Å². The van der Waals surface area contributed by atoms with Crippen LogP contribution < -0.4 is 57.9 Å². The lowest BCUT2D eigenvalue weighted by molar-refractivity contribution is 0.0940. The summed E-state index contributed by atoms with van der Waals surface area (Å²) in [6.45, 7) is 11.7. The average molecular weight is 1460 g/mol. The second-order valence-corrected chi connectivity index (χ2v) is 27.4. The molecule has 15 rings (SSSR count). The quantitative estimate of drug-likeness (QED) is 0.0414. The number of carbonyl (C=O) groups excluding carboxylic acids is 5. The fraction of sp³-hybridized carbons (Fsp3) is 0.270. The highest BCUT2D eigenvalue weighted by molar-refractivity contribution is 6.31. The van der Waals surface area contributed by atoms with E-state index in [4.69, 9.17) is 16.3 Å². The smallest absolute Gasteiger partial charge is 0.251 e. The van der Waals surface area contributed by atoms with Crippen LogP contribution in [0.25, 0.3) is 0 Å². The number of hydrogen-bond acceptors (Lipinski definition) is 11. The molecule has 10 aromatic carbocycles. The summed E-state index contributed by atoms with van der Waals surface area (Å²) in [5.74, 6) is -0.154. The third-order valence-corrected chi connectivity index (χ3v) is 20.1. The number of nitrogens with one attached hydrogen (secondary N) is 10. The Labute approximate surface area is 632 Å². The van der Waals surface area contributed by atoms with Crippen LogP contribution in [0.5, 0.6) is 5.75 Å². The molecule has 0 bridgehead atoms. The van der Waals surface area contributed by atoms with Gasteiger partial charge in [-0.1, -0.05) is 188 Å². The molecule has 107 heavy (non-hydrogen) atoms. The van der Waals surface area contributed by atoms with Gasteiger partial charge in [0.25, 0.3) is 29.5 Å². The van der Waals surface area contributed by atoms with Crippen LogP contribution in [0.3, 0.4) is 0 Å². The van der Waals surface area contributed by atoms with E-state index < -0.39 is 5.82 Å². The largest absolute Gasteiger partial charge is 0.497 e. The molecule has 0 saturated heterocycles. The van der Waals surface area contributed by atoms with E-state index >= 15 is 0 Å². The molecule has 0 fully saturated rings. The molecule has 5 atom stereocenters. The summed E-state index contributed by atoms with van der Waals surface area (Å²) in [5.41, 5.74) is 18.5. The summed E-state index contributed by atoms with van der Waals surface area (Å²) in [4.78, 5) is 60.9. The second-order valence-electron chi connectivity index (χ2n) is 27.0. The first kappa shape index (κ1) is 77.5. The lowest BCUT2D eigenvalue weighted by Gasteiger charge is -2.27. The molecule has 16 nitrogen and oxygen atoms in total. The van der Waals surface area contributed by atoms with Crippen LogP contribution in [0, 0.1) is 12.7 Å². The predicted molar refractivity (Wildman–Crippen MR) is 424 cm³/mol. The van der Waals surface area contributed by atoms with Crippen LogP contribution in [0.1, 0.15) is 156 Å². The summed E-state index contributed by atoms with van der Waals surface area (Å²) in [5, 5.41) is 32.8. The van der Waals surface area contributed by atoms with E-state index in [1.165, 1.54) is 73.3 Å². The number of halogens is 2. The lowest BCUT2D eigenvalue weighted by atomic mass is 9.94. The Morgan fingerprint density at radius 1 is 0.364 bits per heavy atom. The van der Waals surface area contributed by atoms with Crippen molar-refractivity contribution < 1.29 is 33.1 Å². The third kappa shape index (κ3) is 22.2. The molecule has 5 unspecified atom stereocenters. The number of amides is 5. The summed E-state index contributed by atoms with van der Waals surface area (Å²) >= 11 is 5.91. The molecule has 0 aromatic heterocycles. The highest BCUT2D eigenvalue weighted by atomic mass is 35.5. The maximum atomic E-state index is 13.1. The van der Waals surface area contributed by atoms with Crippen molar-refractivity contribution in [3.05, 3.63) is 348 Å². The van der Waals surface area contributed by atoms with Gasteiger partial charge < -0.3 is 57.9 Å². The monoisotopic (exact) mass is 1450 g/mol. The van der Waals surface area contributed by atoms with Gasteiger partial charge in [0.1, 0.15) is 11.6 Å². The standard InChI is InChI=1S/C19H22N2O.C18H20N2O2.C18H20N2O.C17H17ClN2O.C17H17FN2O/c1-2-14-7-9-16(10-8-14)19(22)21-13-18-17-6-4-3-5-15(17)11-12-20-18;1-22-15-7-4-6-14(11-15)18(21)20-12-17-16-8-3-2-5-13(16)9-10-19-17;1-13-5-4-7-15(11-13)18(21)20-12-17-16-8-3-2-6-14(16)9-10-19-17;2*18-14-6-3-5-13(10-14)17(21)20-11-16-15-7-2-1-4-12(15)8-9-19-16/h3-10,18,20H,2,11-13H2,1H3,(H,21,22);2-8,11,17,19H,9-10,12H2,1H3,(H,20,21);2-8,11,17,19H,9-10,12H2,1H3,(H,20,21);2*1-7,10,16,19H,8-9,11H2,(H,20,21). The number of fused-ring (bicyclic) bond motifs is 5. The van der Waals surface area contributed by atoms with Crippen LogP contribution in [-0.4, -0.2) is 102 Å². The lowest BCUT2D eigenvalue weighted by Crippen LogP contribution is -2.38. The van der Waals surface area contributed by atoms with Gasteiger partial charge in [0, 0.05) is 95.8 Å². The Bertz CT molecular complexity index is 4360. The van der Waals surface area contributed by atoms with E-state index in [9.17, 15) is 28.4 Å². The number of aryl methyl sites for hydroxylation is 2. The van der Waals surface area contributed by atoms with Crippen LogP contribution in [0.4, 0.5) is 4.39 Å². The summed E-state index contributed by atoms with van der Waals surface area (Å²) < 4.78 is 18.3. The van der Waals surface area contributed by atoms with E-state index in [2.05, 4.69) is 157 Å². The van der Waals surface area contributed by atoms with Crippen molar-refractivity contribution in [3.8, 4) is 5.75 Å². The topological polar surface area (TPSA) is 215 Å². The average Bonchev–Trinajstić information content (AvgIpc) is 0.860. The van der Waals surface area contributed by atoms with Crippen LogP contribution >= 0.6 is 11.6 Å². The van der Waals surface area contributed by atoms with Gasteiger partial charge in [0.2, 0.25) is 0 Å². The predicted octanol–water partition coefficient (Wildman–Crippen LogP) is 13.2. The minimum atomic E-state index is -0.399. The molecule has 0 spiro atoms. The molecule has 0 radical (unpaired) electrons. The Morgan fingerprint density at radius 3 is 1.01 bits per heavy atom. The Kier molecular flexibility index (Phi) is 28.7. The van der Waals surface area contributed by atoms with Crippen molar-refractivity contribution in [3.63, 3.8) is 0 Å². The second kappa shape index (κ2) is 39.6. The zero-order valence-corrected chi connectivity index (χ0v) is 61.8. The Hall–Kier alpha value is -10.6. The summed E-state index contributed by atoms with van der Waals surface area (Å²) in [6.07, 6.45) is 6.18. The van der Waals surface area contributed by atoms with Crippen molar-refractivity contribution in [2.24, 2.45) is 0 Å². The molecule has 0 aliphatic carbocycles. The van der Waals surface area contributed by atoms with Gasteiger partial charge in [-0.3, -0.25) is 24.0 Å². The number of ether oxygens (including phenoxy) is 1. The van der Waals surface area contributed by atoms with Crippen LogP contribution in [0.15, 0.2) is 243 Å². The van der Waals surface area contributed by atoms with E-state index in [-0.39, 0.29) is 59.7 Å². The summed E-state index contributed by atoms with van der Waals surface area (Å²) in [7, 11) is 1.60. The fourth-order valence-corrected chi connectivity index (χ4v) is 14.3. The normalized spacial score (nSPS) is 17.0. The molecule has 5 amide bonds. The Balaban J connectivity index is 0.000000133. The minimum Gasteiger partial charge on any atom is -0.497 e. The molecule has 5 heterocycles. The van der Waals surface area contributed by atoms with Crippen molar-refractivity contribution in [1.82, 2.24) is 53.2 Å². The fourth-order valence-electron chi connectivity index (χ4n) is 14.1. The van der Waals surface area contributed by atoms with Gasteiger partial charge in [-0.15, -0.1) is 0 Å². The van der Waals surface area contributed by atoms with E-state index in [0.717, 1.165) is 87.9 Å². The zero-order valence-electron chi connectivity index (χ0n) is 61.0. The first-order valence-electron chi connectivity index (χ1n) is 37.0. The van der Waals surface area contributed by atoms with Crippen LogP contribution in [0.2, 0.25) is 5.02 Å². The molecule has 0 saturated carbocycles. The van der Waals surface area contributed by atoms with E-state index in [1.54, 1.807) is 55.6 Å². The minimum absolute atomic E-state index is 0.00694. The van der Waals surface area contributed by atoms with Gasteiger partial charge in [-0.2, -0.15) is 0 Å². The highest BCUT2D eigenvalue weighted by Crippen LogP contribution is 2.28. The van der Waals surface area contributed by atoms with Crippen molar-refractivity contribution in [2.75, 3.05) is 72.6 Å². The van der Waals surface area contributed by atoms with Gasteiger partial charge in [-0.25, -0.2) is 4.39 Å². The molecule has 10 N–H and O–H groups in total. The molecular weight excluding hydrogens is 1360 g/mol. The van der Waals surface area contributed by atoms with Crippen molar-refractivity contribution in [1.29, 1.82) is 0 Å². The number of rotatable bonds is 17. The SMILES string of the molecule is CCc1ccc(C(=O)NCC2NCCc3ccccc32)cc1.COc1cccc(C(=O)NCC2NCCc3ccccc32)c1.Cc1cccc(C(=O)NCC2NCCc3ccccc32)c1.O=C(NCC1NCCc2ccccc21)c1cccc(Cl)c1.O=C(NCC1NCCc2ccccc21)c1cccc(F)c1. The first-order chi connectivity index (χ1) is 52.3. The third-order valence-electron chi connectivity index (χ3n) is 19.8.